The second-order valence-electron chi connectivity index (χ2n) is 3.92. The lowest BCUT2D eigenvalue weighted by atomic mass is 10.3. The zero-order chi connectivity index (χ0) is 12.9. The standard InChI is InChI=1S/C12H20N2O2S/c1-3-14(4-2)8-9-17(15,16)12-7-5-6-11(13)10-12/h5-7,10H,3-4,8-9,13H2,1-2H3. The number of nitrogen functional groups attached to an aromatic ring is 1. The van der Waals surface area contributed by atoms with Crippen LogP contribution in [0.25, 0.3) is 0 Å². The first-order valence-electron chi connectivity index (χ1n) is 5.80. The average Bonchev–Trinajstić information content (AvgIpc) is 2.30. The summed E-state index contributed by atoms with van der Waals surface area (Å²) in [5, 5.41) is 0. The van der Waals surface area contributed by atoms with Gasteiger partial charge in [0.2, 0.25) is 0 Å². The van der Waals surface area contributed by atoms with Crippen molar-refractivity contribution in [1.82, 2.24) is 4.90 Å². The highest BCUT2D eigenvalue weighted by Crippen LogP contribution is 2.14. The molecule has 96 valence electrons. The molecule has 0 heterocycles. The van der Waals surface area contributed by atoms with Crippen molar-refractivity contribution in [3.63, 3.8) is 0 Å². The fourth-order valence-corrected chi connectivity index (χ4v) is 2.95. The number of nitrogens with zero attached hydrogens (tertiary/aromatic N) is 1. The lowest BCUT2D eigenvalue weighted by Crippen LogP contribution is -2.29. The second kappa shape index (κ2) is 6.02. The molecule has 0 saturated carbocycles. The molecule has 1 aromatic carbocycles. The summed E-state index contributed by atoms with van der Waals surface area (Å²) in [7, 11) is -3.22. The largest absolute Gasteiger partial charge is 0.399 e. The van der Waals surface area contributed by atoms with Gasteiger partial charge in [0.25, 0.3) is 0 Å². The normalized spacial score (nSPS) is 11.9. The summed E-state index contributed by atoms with van der Waals surface area (Å²) in [6.07, 6.45) is 0. The molecule has 0 aliphatic rings. The summed E-state index contributed by atoms with van der Waals surface area (Å²) < 4.78 is 24.1. The van der Waals surface area contributed by atoms with Crippen molar-refractivity contribution >= 4 is 15.5 Å². The van der Waals surface area contributed by atoms with Crippen molar-refractivity contribution in [2.24, 2.45) is 0 Å². The highest BCUT2D eigenvalue weighted by molar-refractivity contribution is 7.91. The minimum atomic E-state index is -3.22. The highest BCUT2D eigenvalue weighted by Gasteiger charge is 2.15. The second-order valence-corrected chi connectivity index (χ2v) is 6.03. The quantitative estimate of drug-likeness (QED) is 0.781. The first-order chi connectivity index (χ1) is 7.99. The number of rotatable bonds is 6. The van der Waals surface area contributed by atoms with Crippen LogP contribution in [0.4, 0.5) is 5.69 Å². The van der Waals surface area contributed by atoms with E-state index in [0.29, 0.717) is 17.1 Å². The SMILES string of the molecule is CCN(CC)CCS(=O)(=O)c1cccc(N)c1. The summed E-state index contributed by atoms with van der Waals surface area (Å²) in [6.45, 7) is 6.34. The highest BCUT2D eigenvalue weighted by atomic mass is 32.2. The summed E-state index contributed by atoms with van der Waals surface area (Å²) in [5.41, 5.74) is 6.07. The molecule has 0 aliphatic heterocycles. The number of nitrogens with two attached hydrogens (primary N) is 1. The molecule has 0 aromatic heterocycles. The van der Waals surface area contributed by atoms with Crippen LogP contribution in [0, 0.1) is 0 Å². The molecule has 0 bridgehead atoms. The van der Waals surface area contributed by atoms with E-state index in [4.69, 9.17) is 5.73 Å². The summed E-state index contributed by atoms with van der Waals surface area (Å²) in [6, 6.07) is 6.45. The zero-order valence-corrected chi connectivity index (χ0v) is 11.2. The number of anilines is 1. The Morgan fingerprint density at radius 3 is 2.41 bits per heavy atom. The van der Waals surface area contributed by atoms with Gasteiger partial charge in [0.1, 0.15) is 0 Å². The third kappa shape index (κ3) is 4.02. The first kappa shape index (κ1) is 14.0. The summed E-state index contributed by atoms with van der Waals surface area (Å²) >= 11 is 0. The third-order valence-corrected chi connectivity index (χ3v) is 4.48. The lowest BCUT2D eigenvalue weighted by Gasteiger charge is -2.17. The molecule has 0 saturated heterocycles. The van der Waals surface area contributed by atoms with Crippen molar-refractivity contribution in [1.29, 1.82) is 0 Å². The van der Waals surface area contributed by atoms with Crippen molar-refractivity contribution in [3.8, 4) is 0 Å². The molecule has 0 unspecified atom stereocenters. The maximum Gasteiger partial charge on any atom is 0.179 e. The molecular weight excluding hydrogens is 236 g/mol. The van der Waals surface area contributed by atoms with Crippen molar-refractivity contribution in [2.45, 2.75) is 18.7 Å². The van der Waals surface area contributed by atoms with E-state index >= 15 is 0 Å². The molecule has 0 amide bonds. The Hall–Kier alpha value is -1.07. The Morgan fingerprint density at radius 2 is 1.88 bits per heavy atom. The van der Waals surface area contributed by atoms with Gasteiger partial charge in [-0.3, -0.25) is 0 Å². The van der Waals surface area contributed by atoms with E-state index in [1.807, 2.05) is 13.8 Å². The van der Waals surface area contributed by atoms with Gasteiger partial charge in [0.05, 0.1) is 10.6 Å². The predicted molar refractivity (Wildman–Crippen MR) is 70.7 cm³/mol. The number of hydrogen-bond acceptors (Lipinski definition) is 4. The van der Waals surface area contributed by atoms with Gasteiger partial charge >= 0.3 is 0 Å². The van der Waals surface area contributed by atoms with Crippen LogP contribution in [-0.2, 0) is 9.84 Å². The van der Waals surface area contributed by atoms with Crippen molar-refractivity contribution in [2.75, 3.05) is 31.1 Å². The van der Waals surface area contributed by atoms with Crippen LogP contribution in [0.1, 0.15) is 13.8 Å². The molecule has 1 rings (SSSR count). The van der Waals surface area contributed by atoms with E-state index in [2.05, 4.69) is 4.90 Å². The van der Waals surface area contributed by atoms with Gasteiger partial charge in [-0.2, -0.15) is 0 Å². The van der Waals surface area contributed by atoms with E-state index in [1.165, 1.54) is 6.07 Å². The van der Waals surface area contributed by atoms with E-state index in [0.717, 1.165) is 13.1 Å². The molecule has 5 heteroatoms. The minimum absolute atomic E-state index is 0.137. The smallest absolute Gasteiger partial charge is 0.179 e. The summed E-state index contributed by atoms with van der Waals surface area (Å²) in [4.78, 5) is 2.40. The third-order valence-electron chi connectivity index (χ3n) is 2.79. The monoisotopic (exact) mass is 256 g/mol. The fraction of sp³-hybridized carbons (Fsp3) is 0.500. The minimum Gasteiger partial charge on any atom is -0.399 e. The van der Waals surface area contributed by atoms with Gasteiger partial charge in [-0.15, -0.1) is 0 Å². The van der Waals surface area contributed by atoms with Gasteiger partial charge in [0, 0.05) is 12.2 Å². The predicted octanol–water partition coefficient (Wildman–Crippen LogP) is 1.38. The van der Waals surface area contributed by atoms with Crippen LogP contribution in [-0.4, -0.2) is 38.7 Å². The number of hydrogen-bond donors (Lipinski definition) is 1. The molecule has 0 aliphatic carbocycles. The molecular formula is C12H20N2O2S. The van der Waals surface area contributed by atoms with Gasteiger partial charge < -0.3 is 10.6 Å². The summed E-state index contributed by atoms with van der Waals surface area (Å²) in [5.74, 6) is 0.137. The Morgan fingerprint density at radius 1 is 1.24 bits per heavy atom. The molecule has 17 heavy (non-hydrogen) atoms. The van der Waals surface area contributed by atoms with E-state index in [-0.39, 0.29) is 5.75 Å². The van der Waals surface area contributed by atoms with Crippen LogP contribution < -0.4 is 5.73 Å². The number of benzene rings is 1. The van der Waals surface area contributed by atoms with Crippen LogP contribution in [0.5, 0.6) is 0 Å². The lowest BCUT2D eigenvalue weighted by molar-refractivity contribution is 0.321. The van der Waals surface area contributed by atoms with E-state index < -0.39 is 9.84 Å². The van der Waals surface area contributed by atoms with Crippen molar-refractivity contribution in [3.05, 3.63) is 24.3 Å². The maximum absolute atomic E-state index is 12.0. The van der Waals surface area contributed by atoms with Crippen LogP contribution in [0.3, 0.4) is 0 Å². The van der Waals surface area contributed by atoms with Gasteiger partial charge in [-0.05, 0) is 31.3 Å². The van der Waals surface area contributed by atoms with E-state index in [1.54, 1.807) is 18.2 Å². The average molecular weight is 256 g/mol. The van der Waals surface area contributed by atoms with Crippen LogP contribution >= 0.6 is 0 Å². The fourth-order valence-electron chi connectivity index (χ4n) is 1.61. The number of sulfone groups is 1. The first-order valence-corrected chi connectivity index (χ1v) is 7.45. The van der Waals surface area contributed by atoms with Gasteiger partial charge in [0.15, 0.2) is 9.84 Å². The maximum atomic E-state index is 12.0. The van der Waals surface area contributed by atoms with Gasteiger partial charge in [-0.1, -0.05) is 19.9 Å². The molecule has 0 fully saturated rings. The molecule has 4 nitrogen and oxygen atoms in total. The Balaban J connectivity index is 2.76. The Bertz CT molecular complexity index is 453. The molecule has 2 N–H and O–H groups in total. The molecule has 0 radical (unpaired) electrons. The Labute approximate surface area is 103 Å². The molecule has 0 atom stereocenters. The molecule has 1 aromatic rings. The topological polar surface area (TPSA) is 63.4 Å². The van der Waals surface area contributed by atoms with Gasteiger partial charge in [-0.25, -0.2) is 8.42 Å². The van der Waals surface area contributed by atoms with Crippen LogP contribution in [0.15, 0.2) is 29.2 Å². The van der Waals surface area contributed by atoms with Crippen molar-refractivity contribution < 1.29 is 8.42 Å². The Kier molecular flexibility index (Phi) is 4.96. The zero-order valence-electron chi connectivity index (χ0n) is 10.4. The van der Waals surface area contributed by atoms with Crippen LogP contribution in [0.2, 0.25) is 0 Å². The van der Waals surface area contributed by atoms with E-state index in [9.17, 15) is 8.42 Å². The molecule has 0 spiro atoms.